The maximum absolute atomic E-state index is 12.2. The zero-order chi connectivity index (χ0) is 22.6. The van der Waals surface area contributed by atoms with Gasteiger partial charge in [-0.3, -0.25) is 9.59 Å². The molecule has 31 heavy (non-hydrogen) atoms. The van der Waals surface area contributed by atoms with Gasteiger partial charge in [0.1, 0.15) is 11.5 Å². The average molecular weight is 424 g/mol. The van der Waals surface area contributed by atoms with Crippen LogP contribution in [-0.2, 0) is 14.3 Å². The molecule has 0 atom stereocenters. The van der Waals surface area contributed by atoms with Crippen LogP contribution >= 0.6 is 0 Å². The quantitative estimate of drug-likeness (QED) is 0.174. The summed E-state index contributed by atoms with van der Waals surface area (Å²) in [5, 5.41) is 0. The second-order valence-electron chi connectivity index (χ2n) is 6.65. The molecule has 7 nitrogen and oxygen atoms in total. The van der Waals surface area contributed by atoms with Crippen molar-refractivity contribution < 1.29 is 33.4 Å². The van der Waals surface area contributed by atoms with E-state index in [2.05, 4.69) is 6.58 Å². The Morgan fingerprint density at radius 2 is 1.39 bits per heavy atom. The molecule has 0 unspecified atom stereocenters. The molecule has 0 spiro atoms. The molecular weight excluding hydrogens is 400 g/mol. The van der Waals surface area contributed by atoms with Crippen LogP contribution < -0.4 is 9.47 Å². The first-order valence-corrected chi connectivity index (χ1v) is 9.82. The van der Waals surface area contributed by atoms with Gasteiger partial charge in [0.05, 0.1) is 12.2 Å². The van der Waals surface area contributed by atoms with E-state index in [9.17, 15) is 19.2 Å². The number of Topliss-reactive ketones (excluding diaryl/α,β-unsaturated/α-hetero) is 1. The monoisotopic (exact) mass is 424 g/mol. The number of hydrogen-bond donors (Lipinski definition) is 0. The molecule has 2 aromatic carbocycles. The summed E-state index contributed by atoms with van der Waals surface area (Å²) in [6, 6.07) is 12.3. The van der Waals surface area contributed by atoms with E-state index in [1.807, 2.05) is 0 Å². The Hall–Kier alpha value is -3.74. The summed E-state index contributed by atoms with van der Waals surface area (Å²) in [5.41, 5.74) is 0.826. The third-order valence-corrected chi connectivity index (χ3v) is 4.23. The van der Waals surface area contributed by atoms with Crippen molar-refractivity contribution in [2.75, 3.05) is 6.61 Å². The van der Waals surface area contributed by atoms with Gasteiger partial charge >= 0.3 is 17.9 Å². The first-order valence-electron chi connectivity index (χ1n) is 9.82. The highest BCUT2D eigenvalue weighted by molar-refractivity contribution is 5.94. The number of carbonyl (C=O) groups excluding carboxylic acids is 4. The maximum atomic E-state index is 12.2. The van der Waals surface area contributed by atoms with E-state index < -0.39 is 11.9 Å². The van der Waals surface area contributed by atoms with E-state index in [1.54, 1.807) is 24.3 Å². The van der Waals surface area contributed by atoms with Gasteiger partial charge in [0, 0.05) is 18.1 Å². The molecule has 0 aliphatic heterocycles. The number of ether oxygens (including phenoxy) is 3. The van der Waals surface area contributed by atoms with Crippen LogP contribution in [0.3, 0.4) is 0 Å². The SMILES string of the molecule is C=CC(=O)OCCCCCC(=O)Oc1ccc(C(=O)Oc2ccc(C(C)=O)cc2)cc1. The maximum Gasteiger partial charge on any atom is 0.343 e. The molecule has 2 rings (SSSR count). The van der Waals surface area contributed by atoms with Gasteiger partial charge in [-0.1, -0.05) is 6.58 Å². The molecule has 0 N–H and O–H groups in total. The van der Waals surface area contributed by atoms with Crippen LogP contribution in [0.25, 0.3) is 0 Å². The highest BCUT2D eigenvalue weighted by Gasteiger charge is 2.11. The summed E-state index contributed by atoms with van der Waals surface area (Å²) in [4.78, 5) is 46.3. The predicted octanol–water partition coefficient (Wildman–Crippen LogP) is 4.30. The predicted molar refractivity (Wildman–Crippen MR) is 113 cm³/mol. The van der Waals surface area contributed by atoms with Crippen LogP contribution in [0.5, 0.6) is 11.5 Å². The minimum atomic E-state index is -0.564. The van der Waals surface area contributed by atoms with Crippen molar-refractivity contribution in [3.8, 4) is 11.5 Å². The average Bonchev–Trinajstić information content (AvgIpc) is 2.76. The lowest BCUT2D eigenvalue weighted by Gasteiger charge is -2.07. The molecule has 0 heterocycles. The van der Waals surface area contributed by atoms with E-state index in [1.165, 1.54) is 31.2 Å². The van der Waals surface area contributed by atoms with Gasteiger partial charge in [0.25, 0.3) is 0 Å². The molecule has 0 radical (unpaired) electrons. The van der Waals surface area contributed by atoms with E-state index in [0.29, 0.717) is 42.1 Å². The number of benzene rings is 2. The fourth-order valence-corrected chi connectivity index (χ4v) is 2.55. The molecule has 0 aliphatic carbocycles. The molecule has 0 fully saturated rings. The topological polar surface area (TPSA) is 96.0 Å². The first-order chi connectivity index (χ1) is 14.9. The highest BCUT2D eigenvalue weighted by atomic mass is 16.5. The van der Waals surface area contributed by atoms with E-state index >= 15 is 0 Å². The minimum Gasteiger partial charge on any atom is -0.463 e. The van der Waals surface area contributed by atoms with Crippen LogP contribution in [0.1, 0.15) is 53.3 Å². The first kappa shape index (κ1) is 23.5. The zero-order valence-corrected chi connectivity index (χ0v) is 17.3. The lowest BCUT2D eigenvalue weighted by atomic mass is 10.1. The standard InChI is InChI=1S/C24H24O7/c1-3-22(26)29-16-6-4-5-7-23(27)30-20-14-10-19(11-15-20)24(28)31-21-12-8-18(9-13-21)17(2)25/h3,8-15H,1,4-7,16H2,2H3. The van der Waals surface area contributed by atoms with Crippen molar-refractivity contribution in [3.05, 3.63) is 72.3 Å². The fraction of sp³-hybridized carbons (Fsp3) is 0.250. The summed E-state index contributed by atoms with van der Waals surface area (Å²) in [7, 11) is 0. The Morgan fingerprint density at radius 3 is 1.97 bits per heavy atom. The third-order valence-electron chi connectivity index (χ3n) is 4.23. The summed E-state index contributed by atoms with van der Waals surface area (Å²) in [6.45, 7) is 5.06. The van der Waals surface area contributed by atoms with Gasteiger partial charge in [-0.15, -0.1) is 0 Å². The Bertz CT molecular complexity index is 927. The van der Waals surface area contributed by atoms with Crippen LogP contribution in [-0.4, -0.2) is 30.3 Å². The molecule has 162 valence electrons. The van der Waals surface area contributed by atoms with E-state index in [4.69, 9.17) is 14.2 Å². The largest absolute Gasteiger partial charge is 0.463 e. The Kier molecular flexibility index (Phi) is 9.16. The molecule has 0 saturated carbocycles. The molecule has 0 amide bonds. The highest BCUT2D eigenvalue weighted by Crippen LogP contribution is 2.17. The summed E-state index contributed by atoms with van der Waals surface area (Å²) < 4.78 is 15.4. The number of esters is 3. The molecule has 0 bridgehead atoms. The molecule has 2 aromatic rings. The molecule has 0 aromatic heterocycles. The second kappa shape index (κ2) is 12.1. The van der Waals surface area contributed by atoms with E-state index in [-0.39, 0.29) is 18.2 Å². The lowest BCUT2D eigenvalue weighted by molar-refractivity contribution is -0.138. The minimum absolute atomic E-state index is 0.0722. The number of carbonyl (C=O) groups is 4. The van der Waals surface area contributed by atoms with Crippen molar-refractivity contribution in [1.29, 1.82) is 0 Å². The van der Waals surface area contributed by atoms with Gasteiger partial charge in [0.15, 0.2) is 5.78 Å². The number of unbranched alkanes of at least 4 members (excludes halogenated alkanes) is 2. The number of ketones is 1. The molecular formula is C24H24O7. The van der Waals surface area contributed by atoms with Crippen LogP contribution in [0.4, 0.5) is 0 Å². The van der Waals surface area contributed by atoms with Crippen molar-refractivity contribution in [2.24, 2.45) is 0 Å². The van der Waals surface area contributed by atoms with Gasteiger partial charge in [0.2, 0.25) is 0 Å². The van der Waals surface area contributed by atoms with Crippen molar-refractivity contribution in [3.63, 3.8) is 0 Å². The second-order valence-corrected chi connectivity index (χ2v) is 6.65. The van der Waals surface area contributed by atoms with Crippen molar-refractivity contribution in [2.45, 2.75) is 32.6 Å². The third kappa shape index (κ3) is 8.26. The zero-order valence-electron chi connectivity index (χ0n) is 17.3. The Morgan fingerprint density at radius 1 is 0.806 bits per heavy atom. The Balaban J connectivity index is 1.74. The summed E-state index contributed by atoms with van der Waals surface area (Å²) >= 11 is 0. The van der Waals surface area contributed by atoms with Crippen molar-refractivity contribution >= 4 is 23.7 Å². The molecule has 7 heteroatoms. The normalized spacial score (nSPS) is 10.1. The summed E-state index contributed by atoms with van der Waals surface area (Å²) in [6.07, 6.45) is 3.32. The molecule has 0 aliphatic rings. The summed E-state index contributed by atoms with van der Waals surface area (Å²) in [5.74, 6) is -0.832. The number of hydrogen-bond acceptors (Lipinski definition) is 7. The van der Waals surface area contributed by atoms with Gasteiger partial charge in [-0.25, -0.2) is 9.59 Å². The van der Waals surface area contributed by atoms with Gasteiger partial charge < -0.3 is 14.2 Å². The van der Waals surface area contributed by atoms with E-state index in [0.717, 1.165) is 12.5 Å². The van der Waals surface area contributed by atoms with Crippen molar-refractivity contribution in [1.82, 2.24) is 0 Å². The lowest BCUT2D eigenvalue weighted by Crippen LogP contribution is -2.10. The Labute approximate surface area is 180 Å². The van der Waals surface area contributed by atoms with Gasteiger partial charge in [-0.05, 0) is 74.7 Å². The van der Waals surface area contributed by atoms with Crippen LogP contribution in [0.2, 0.25) is 0 Å². The fourth-order valence-electron chi connectivity index (χ4n) is 2.55. The smallest absolute Gasteiger partial charge is 0.343 e. The van der Waals surface area contributed by atoms with Crippen LogP contribution in [0.15, 0.2) is 61.2 Å². The molecule has 0 saturated heterocycles. The van der Waals surface area contributed by atoms with Crippen LogP contribution in [0, 0.1) is 0 Å². The number of rotatable bonds is 11. The van der Waals surface area contributed by atoms with Gasteiger partial charge in [-0.2, -0.15) is 0 Å².